The third-order valence-corrected chi connectivity index (χ3v) is 5.24. The molecule has 0 spiro atoms. The topological polar surface area (TPSA) is 44.8 Å². The second-order valence-electron chi connectivity index (χ2n) is 5.75. The first-order chi connectivity index (χ1) is 10.3. The summed E-state index contributed by atoms with van der Waals surface area (Å²) in [6.07, 6.45) is 4.35. The van der Waals surface area contributed by atoms with Crippen molar-refractivity contribution < 1.29 is 0 Å². The molecule has 5 heteroatoms. The Morgan fingerprint density at radius 1 is 1.43 bits per heavy atom. The predicted octanol–water partition coefficient (Wildman–Crippen LogP) is 3.66. The minimum Gasteiger partial charge on any atom is -0.290 e. The van der Waals surface area contributed by atoms with Crippen molar-refractivity contribution in [3.05, 3.63) is 46.0 Å². The van der Waals surface area contributed by atoms with Crippen LogP contribution in [-0.4, -0.2) is 26.6 Å². The molecule has 4 rings (SSSR count). The molecule has 1 aliphatic rings. The van der Waals surface area contributed by atoms with Crippen LogP contribution < -0.4 is 0 Å². The standard InChI is InChI=1S/C16H18N4S/c1-11-10-21-16(18-11)15-3-2-6-20(15)9-12-4-5-13-8-17-19-14(13)7-12/h4-5,7-8,10,15H,2-3,6,9H2,1H3,(H,17,19). The van der Waals surface area contributed by atoms with Crippen LogP contribution in [0.5, 0.6) is 0 Å². The van der Waals surface area contributed by atoms with Crippen LogP contribution in [0.3, 0.4) is 0 Å². The Morgan fingerprint density at radius 2 is 2.38 bits per heavy atom. The van der Waals surface area contributed by atoms with Gasteiger partial charge in [-0.1, -0.05) is 12.1 Å². The summed E-state index contributed by atoms with van der Waals surface area (Å²) >= 11 is 1.80. The first-order valence-electron chi connectivity index (χ1n) is 7.38. The molecule has 0 saturated carbocycles. The molecule has 1 atom stereocenters. The van der Waals surface area contributed by atoms with Crippen molar-refractivity contribution in [2.24, 2.45) is 0 Å². The number of aromatic amines is 1. The largest absolute Gasteiger partial charge is 0.290 e. The van der Waals surface area contributed by atoms with Gasteiger partial charge in [0.05, 0.1) is 17.8 Å². The highest BCUT2D eigenvalue weighted by atomic mass is 32.1. The number of likely N-dealkylation sites (tertiary alicyclic amines) is 1. The fourth-order valence-electron chi connectivity index (χ4n) is 3.14. The lowest BCUT2D eigenvalue weighted by Gasteiger charge is -2.22. The third kappa shape index (κ3) is 2.47. The average molecular weight is 298 g/mol. The van der Waals surface area contributed by atoms with Gasteiger partial charge in [0.25, 0.3) is 0 Å². The lowest BCUT2D eigenvalue weighted by molar-refractivity contribution is 0.248. The van der Waals surface area contributed by atoms with Crippen molar-refractivity contribution in [1.82, 2.24) is 20.1 Å². The van der Waals surface area contributed by atoms with E-state index in [-0.39, 0.29) is 0 Å². The lowest BCUT2D eigenvalue weighted by atomic mass is 10.1. The predicted molar refractivity (Wildman–Crippen MR) is 85.3 cm³/mol. The second-order valence-corrected chi connectivity index (χ2v) is 6.64. The van der Waals surface area contributed by atoms with Gasteiger partial charge in [-0.2, -0.15) is 5.10 Å². The third-order valence-electron chi connectivity index (χ3n) is 4.18. The molecule has 2 aromatic heterocycles. The Labute approximate surface area is 127 Å². The summed E-state index contributed by atoms with van der Waals surface area (Å²) in [5.41, 5.74) is 3.60. The van der Waals surface area contributed by atoms with Gasteiger partial charge in [0, 0.05) is 23.0 Å². The molecule has 1 saturated heterocycles. The summed E-state index contributed by atoms with van der Waals surface area (Å²) in [5, 5.41) is 11.7. The Morgan fingerprint density at radius 3 is 3.24 bits per heavy atom. The molecule has 3 aromatic rings. The maximum atomic E-state index is 4.69. The first kappa shape index (κ1) is 13.0. The van der Waals surface area contributed by atoms with E-state index in [1.54, 1.807) is 11.3 Å². The molecule has 0 bridgehead atoms. The Bertz CT molecular complexity index is 760. The number of thiazole rings is 1. The summed E-state index contributed by atoms with van der Waals surface area (Å²) in [6.45, 7) is 4.22. The van der Waals surface area contributed by atoms with Gasteiger partial charge < -0.3 is 0 Å². The number of benzene rings is 1. The molecule has 21 heavy (non-hydrogen) atoms. The van der Waals surface area contributed by atoms with Crippen LogP contribution in [-0.2, 0) is 6.54 Å². The van der Waals surface area contributed by atoms with Crippen molar-refractivity contribution in [3.8, 4) is 0 Å². The van der Waals surface area contributed by atoms with Gasteiger partial charge in [-0.25, -0.2) is 4.98 Å². The quantitative estimate of drug-likeness (QED) is 0.802. The number of aryl methyl sites for hydroxylation is 1. The molecule has 108 valence electrons. The van der Waals surface area contributed by atoms with Gasteiger partial charge in [-0.05, 0) is 37.9 Å². The number of rotatable bonds is 3. The maximum absolute atomic E-state index is 4.69. The van der Waals surface area contributed by atoms with Gasteiger partial charge in [0.1, 0.15) is 5.01 Å². The van der Waals surface area contributed by atoms with Crippen molar-refractivity contribution >= 4 is 22.2 Å². The number of fused-ring (bicyclic) bond motifs is 1. The zero-order valence-corrected chi connectivity index (χ0v) is 12.9. The number of hydrogen-bond acceptors (Lipinski definition) is 4. The summed E-state index contributed by atoms with van der Waals surface area (Å²) < 4.78 is 0. The number of nitrogens with zero attached hydrogens (tertiary/aromatic N) is 3. The van der Waals surface area contributed by atoms with E-state index < -0.39 is 0 Å². The van der Waals surface area contributed by atoms with Crippen LogP contribution in [0.15, 0.2) is 29.8 Å². The van der Waals surface area contributed by atoms with Gasteiger partial charge in [-0.15, -0.1) is 11.3 Å². The number of H-pyrrole nitrogens is 1. The van der Waals surface area contributed by atoms with E-state index in [1.165, 1.54) is 28.8 Å². The fraction of sp³-hybridized carbons (Fsp3) is 0.375. The molecule has 1 aliphatic heterocycles. The van der Waals surface area contributed by atoms with Gasteiger partial charge >= 0.3 is 0 Å². The molecule has 1 fully saturated rings. The smallest absolute Gasteiger partial charge is 0.110 e. The Kier molecular flexibility index (Phi) is 3.24. The van der Waals surface area contributed by atoms with Crippen LogP contribution in [0.4, 0.5) is 0 Å². The number of nitrogens with one attached hydrogen (secondary N) is 1. The second kappa shape index (κ2) is 5.24. The zero-order valence-electron chi connectivity index (χ0n) is 12.0. The van der Waals surface area contributed by atoms with E-state index in [2.05, 4.69) is 50.6 Å². The van der Waals surface area contributed by atoms with E-state index in [4.69, 9.17) is 0 Å². The molecular formula is C16H18N4S. The molecular weight excluding hydrogens is 280 g/mol. The Balaban J connectivity index is 1.57. The summed E-state index contributed by atoms with van der Waals surface area (Å²) in [4.78, 5) is 7.24. The van der Waals surface area contributed by atoms with Crippen LogP contribution in [0.1, 0.15) is 35.1 Å². The highest BCUT2D eigenvalue weighted by Crippen LogP contribution is 2.34. The number of aromatic nitrogens is 3. The first-order valence-corrected chi connectivity index (χ1v) is 8.26. The molecule has 4 nitrogen and oxygen atoms in total. The minimum absolute atomic E-state index is 0.487. The average Bonchev–Trinajstić information content (AvgIpc) is 3.18. The van der Waals surface area contributed by atoms with E-state index in [9.17, 15) is 0 Å². The molecule has 1 N–H and O–H groups in total. The highest BCUT2D eigenvalue weighted by Gasteiger charge is 2.28. The number of hydrogen-bond donors (Lipinski definition) is 1. The van der Waals surface area contributed by atoms with Crippen molar-refractivity contribution in [2.45, 2.75) is 32.4 Å². The summed E-state index contributed by atoms with van der Waals surface area (Å²) in [7, 11) is 0. The van der Waals surface area contributed by atoms with E-state index in [1.807, 2.05) is 6.20 Å². The van der Waals surface area contributed by atoms with Crippen molar-refractivity contribution in [2.75, 3.05) is 6.54 Å². The molecule has 1 aromatic carbocycles. The highest BCUT2D eigenvalue weighted by molar-refractivity contribution is 7.09. The molecule has 0 aliphatic carbocycles. The molecule has 3 heterocycles. The van der Waals surface area contributed by atoms with Crippen molar-refractivity contribution in [3.63, 3.8) is 0 Å². The lowest BCUT2D eigenvalue weighted by Crippen LogP contribution is -2.22. The van der Waals surface area contributed by atoms with Crippen molar-refractivity contribution in [1.29, 1.82) is 0 Å². The van der Waals surface area contributed by atoms with Gasteiger partial charge in [0.15, 0.2) is 0 Å². The molecule has 0 radical (unpaired) electrons. The van der Waals surface area contributed by atoms with Gasteiger partial charge in [0.2, 0.25) is 0 Å². The van der Waals surface area contributed by atoms with E-state index in [0.29, 0.717) is 6.04 Å². The minimum atomic E-state index is 0.487. The van der Waals surface area contributed by atoms with Crippen LogP contribution in [0, 0.1) is 6.92 Å². The van der Waals surface area contributed by atoms with Gasteiger partial charge in [-0.3, -0.25) is 10.00 Å². The molecule has 1 unspecified atom stereocenters. The van der Waals surface area contributed by atoms with E-state index in [0.717, 1.165) is 24.3 Å². The van der Waals surface area contributed by atoms with E-state index >= 15 is 0 Å². The summed E-state index contributed by atoms with van der Waals surface area (Å²) in [6, 6.07) is 7.05. The Hall–Kier alpha value is -1.72. The zero-order chi connectivity index (χ0) is 14.2. The van der Waals surface area contributed by atoms with Crippen LogP contribution >= 0.6 is 11.3 Å². The van der Waals surface area contributed by atoms with Crippen LogP contribution in [0.2, 0.25) is 0 Å². The fourth-order valence-corrected chi connectivity index (χ4v) is 4.10. The SMILES string of the molecule is Cc1csc(C2CCCN2Cc2ccc3cn[nH]c3c2)n1. The molecule has 0 amide bonds. The monoisotopic (exact) mass is 298 g/mol. The van der Waals surface area contributed by atoms with Crippen LogP contribution in [0.25, 0.3) is 10.9 Å². The maximum Gasteiger partial charge on any atom is 0.110 e. The normalized spacial score (nSPS) is 19.6. The summed E-state index contributed by atoms with van der Waals surface area (Å²) in [5.74, 6) is 0.